The van der Waals surface area contributed by atoms with Crippen molar-refractivity contribution in [3.05, 3.63) is 71.4 Å². The van der Waals surface area contributed by atoms with Gasteiger partial charge in [-0.1, -0.05) is 70.7 Å². The average molecular weight is 494 g/mol. The Kier molecular flexibility index (Phi) is 6.23. The van der Waals surface area contributed by atoms with Crippen LogP contribution in [-0.2, 0) is 9.53 Å². The lowest BCUT2D eigenvalue weighted by Crippen LogP contribution is -2.31. The van der Waals surface area contributed by atoms with Crippen molar-refractivity contribution in [1.29, 1.82) is 0 Å². The van der Waals surface area contributed by atoms with Crippen molar-refractivity contribution in [3.63, 3.8) is 0 Å². The highest BCUT2D eigenvalue weighted by molar-refractivity contribution is 8.01. The monoisotopic (exact) mass is 493 g/mol. The Bertz CT molecular complexity index is 1350. The van der Waals surface area contributed by atoms with Crippen molar-refractivity contribution >= 4 is 35.0 Å². The number of methoxy groups -OCH3 is 2. The highest BCUT2D eigenvalue weighted by Gasteiger charge is 2.36. The van der Waals surface area contributed by atoms with Gasteiger partial charge < -0.3 is 14.8 Å². The Morgan fingerprint density at radius 2 is 1.97 bits per heavy atom. The fraction of sp³-hybridized carbons (Fsp3) is 0.182. The number of hydrogen-bond acceptors (Lipinski definition) is 11. The predicted molar refractivity (Wildman–Crippen MR) is 128 cm³/mol. The van der Waals surface area contributed by atoms with Crippen LogP contribution in [0.1, 0.15) is 11.6 Å². The van der Waals surface area contributed by atoms with Gasteiger partial charge in [-0.25, -0.2) is 4.79 Å². The largest absolute Gasteiger partial charge is 0.497 e. The molecule has 172 valence electrons. The summed E-state index contributed by atoms with van der Waals surface area (Å²) in [7, 11) is 2.95. The Morgan fingerprint density at radius 3 is 2.76 bits per heavy atom. The molecule has 0 fully saturated rings. The number of nitrogens with one attached hydrogen (secondary N) is 1. The molecular weight excluding hydrogens is 474 g/mol. The standard InChI is InChI=1S/C22H19N7O3S2/c1-31-15-10-6-9-14(11-15)18-17(20(30)32-2)16(23-21-25-27-28-29(18)21)12-33-22-26-24-19(34-22)13-7-4-3-5-8-13/h3-11,18H,12H2,1-2H3,(H,23,25,28). The fourth-order valence-corrected chi connectivity index (χ4v) is 5.44. The lowest BCUT2D eigenvalue weighted by Gasteiger charge is -2.28. The zero-order valence-electron chi connectivity index (χ0n) is 18.2. The summed E-state index contributed by atoms with van der Waals surface area (Å²) in [4.78, 5) is 13.0. The molecule has 1 N–H and O–H groups in total. The van der Waals surface area contributed by atoms with Gasteiger partial charge in [0, 0.05) is 17.0 Å². The number of carbonyl (C=O) groups is 1. The summed E-state index contributed by atoms with van der Waals surface area (Å²) in [6, 6.07) is 16.7. The molecule has 1 atom stereocenters. The van der Waals surface area contributed by atoms with E-state index in [-0.39, 0.29) is 0 Å². The smallest absolute Gasteiger partial charge is 0.338 e. The van der Waals surface area contributed by atoms with Gasteiger partial charge in [0.25, 0.3) is 0 Å². The molecule has 0 radical (unpaired) electrons. The van der Waals surface area contributed by atoms with Gasteiger partial charge in [0.05, 0.1) is 19.8 Å². The molecular formula is C22H19N7O3S2. The lowest BCUT2D eigenvalue weighted by atomic mass is 9.95. The summed E-state index contributed by atoms with van der Waals surface area (Å²) in [5, 5.41) is 24.6. The number of esters is 1. The molecule has 2 aromatic carbocycles. The molecule has 0 aliphatic carbocycles. The minimum atomic E-state index is -0.585. The van der Waals surface area contributed by atoms with Gasteiger partial charge in [0.2, 0.25) is 5.95 Å². The van der Waals surface area contributed by atoms with Crippen LogP contribution in [0.5, 0.6) is 5.75 Å². The van der Waals surface area contributed by atoms with Crippen LogP contribution in [0.15, 0.2) is 70.2 Å². The Balaban J connectivity index is 1.49. The summed E-state index contributed by atoms with van der Waals surface area (Å²) < 4.78 is 12.9. The number of nitrogens with zero attached hydrogens (tertiary/aromatic N) is 6. The third-order valence-electron chi connectivity index (χ3n) is 5.18. The van der Waals surface area contributed by atoms with Crippen LogP contribution >= 0.6 is 23.1 Å². The molecule has 2 aromatic heterocycles. The van der Waals surface area contributed by atoms with E-state index in [1.54, 1.807) is 11.8 Å². The number of aromatic nitrogens is 6. The molecule has 0 saturated carbocycles. The number of anilines is 1. The minimum absolute atomic E-state index is 0.413. The first-order valence-corrected chi connectivity index (χ1v) is 12.0. The topological polar surface area (TPSA) is 117 Å². The first-order valence-electron chi connectivity index (χ1n) is 10.2. The highest BCUT2D eigenvalue weighted by Crippen LogP contribution is 2.38. The SMILES string of the molecule is COC(=O)C1=C(CSc2nnc(-c3ccccc3)s2)Nc2nnnn2C1c1cccc(OC)c1. The molecule has 3 heterocycles. The van der Waals surface area contributed by atoms with E-state index < -0.39 is 12.0 Å². The normalized spacial score (nSPS) is 14.9. The molecule has 1 unspecified atom stereocenters. The molecule has 34 heavy (non-hydrogen) atoms. The number of ether oxygens (including phenoxy) is 2. The number of thioether (sulfide) groups is 1. The van der Waals surface area contributed by atoms with Crippen LogP contribution in [0.4, 0.5) is 5.95 Å². The zero-order chi connectivity index (χ0) is 23.5. The number of tetrazole rings is 1. The molecule has 1 aliphatic rings. The Morgan fingerprint density at radius 1 is 1.12 bits per heavy atom. The van der Waals surface area contributed by atoms with Crippen LogP contribution in [0.3, 0.4) is 0 Å². The van der Waals surface area contributed by atoms with Gasteiger partial charge in [-0.2, -0.15) is 4.68 Å². The van der Waals surface area contributed by atoms with Gasteiger partial charge >= 0.3 is 5.97 Å². The third kappa shape index (κ3) is 4.24. The van der Waals surface area contributed by atoms with Crippen LogP contribution in [-0.4, -0.2) is 56.3 Å². The molecule has 10 nitrogen and oxygen atoms in total. The van der Waals surface area contributed by atoms with E-state index in [1.165, 1.54) is 30.2 Å². The molecule has 0 spiro atoms. The second-order valence-electron chi connectivity index (χ2n) is 7.16. The number of fused-ring (bicyclic) bond motifs is 1. The van der Waals surface area contributed by atoms with Crippen molar-refractivity contribution in [2.45, 2.75) is 10.4 Å². The number of carbonyl (C=O) groups excluding carboxylic acids is 1. The predicted octanol–water partition coefficient (Wildman–Crippen LogP) is 3.43. The van der Waals surface area contributed by atoms with Gasteiger partial charge in [0.1, 0.15) is 16.8 Å². The zero-order valence-corrected chi connectivity index (χ0v) is 19.8. The van der Waals surface area contributed by atoms with Gasteiger partial charge in [-0.05, 0) is 28.1 Å². The molecule has 4 aromatic rings. The number of rotatable bonds is 7. The fourth-order valence-electron chi connectivity index (χ4n) is 3.62. The molecule has 0 bridgehead atoms. The maximum Gasteiger partial charge on any atom is 0.338 e. The summed E-state index contributed by atoms with van der Waals surface area (Å²) >= 11 is 2.96. The Hall–Kier alpha value is -3.77. The summed E-state index contributed by atoms with van der Waals surface area (Å²) in [5.41, 5.74) is 2.85. The van der Waals surface area contributed by atoms with Gasteiger partial charge in [-0.3, -0.25) is 0 Å². The van der Waals surface area contributed by atoms with Gasteiger partial charge in [0.15, 0.2) is 4.34 Å². The quantitative estimate of drug-likeness (QED) is 0.303. The first-order chi connectivity index (χ1) is 16.7. The first kappa shape index (κ1) is 22.0. The van der Waals surface area contributed by atoms with Crippen LogP contribution in [0, 0.1) is 0 Å². The van der Waals surface area contributed by atoms with Crippen molar-refractivity contribution in [3.8, 4) is 16.3 Å². The van der Waals surface area contributed by atoms with E-state index in [1.807, 2.05) is 54.6 Å². The van der Waals surface area contributed by atoms with E-state index >= 15 is 0 Å². The third-order valence-corrected chi connectivity index (χ3v) is 7.31. The van der Waals surface area contributed by atoms with E-state index in [9.17, 15) is 4.79 Å². The van der Waals surface area contributed by atoms with Crippen LogP contribution in [0.25, 0.3) is 10.6 Å². The molecule has 0 saturated heterocycles. The maximum atomic E-state index is 13.0. The van der Waals surface area contributed by atoms with Crippen molar-refractivity contribution < 1.29 is 14.3 Å². The molecule has 0 amide bonds. The van der Waals surface area contributed by atoms with E-state index in [2.05, 4.69) is 31.0 Å². The highest BCUT2D eigenvalue weighted by atomic mass is 32.2. The van der Waals surface area contributed by atoms with E-state index in [0.717, 1.165) is 20.5 Å². The van der Waals surface area contributed by atoms with Crippen molar-refractivity contribution in [1.82, 2.24) is 30.4 Å². The van der Waals surface area contributed by atoms with Crippen molar-refractivity contribution in [2.75, 3.05) is 25.3 Å². The van der Waals surface area contributed by atoms with E-state index in [0.29, 0.717) is 28.7 Å². The van der Waals surface area contributed by atoms with Crippen LogP contribution in [0.2, 0.25) is 0 Å². The minimum Gasteiger partial charge on any atom is -0.497 e. The molecule has 1 aliphatic heterocycles. The number of hydrogen-bond donors (Lipinski definition) is 1. The van der Waals surface area contributed by atoms with E-state index in [4.69, 9.17) is 9.47 Å². The summed E-state index contributed by atoms with van der Waals surface area (Å²) in [6.45, 7) is 0. The maximum absolute atomic E-state index is 13.0. The lowest BCUT2D eigenvalue weighted by molar-refractivity contribution is -0.136. The number of benzene rings is 2. The van der Waals surface area contributed by atoms with Crippen molar-refractivity contribution in [2.24, 2.45) is 0 Å². The second kappa shape index (κ2) is 9.61. The Labute approximate surface area is 203 Å². The summed E-state index contributed by atoms with van der Waals surface area (Å²) in [6.07, 6.45) is 0. The second-order valence-corrected chi connectivity index (χ2v) is 9.36. The van der Waals surface area contributed by atoms with Gasteiger partial charge in [-0.15, -0.1) is 10.2 Å². The average Bonchev–Trinajstić information content (AvgIpc) is 3.56. The summed E-state index contributed by atoms with van der Waals surface area (Å²) in [5.74, 6) is 1.03. The van der Waals surface area contributed by atoms with Crippen LogP contribution < -0.4 is 10.1 Å². The molecule has 12 heteroatoms. The molecule has 5 rings (SSSR count).